The van der Waals surface area contributed by atoms with Gasteiger partial charge in [-0.25, -0.2) is 9.18 Å². The smallest absolute Gasteiger partial charge is 0.375 e. The highest BCUT2D eigenvalue weighted by Gasteiger charge is 2.20. The SMILES string of the molecule is Cc1c(C(=O)OCC(=O)c2cccc(F)c2)oc2ccccc12. The highest BCUT2D eigenvalue weighted by molar-refractivity contribution is 6.00. The number of fused-ring (bicyclic) bond motifs is 1. The summed E-state index contributed by atoms with van der Waals surface area (Å²) in [6.45, 7) is 1.27. The van der Waals surface area contributed by atoms with E-state index in [1.54, 1.807) is 19.1 Å². The second-order valence-corrected chi connectivity index (χ2v) is 5.06. The molecule has 3 rings (SSSR count). The summed E-state index contributed by atoms with van der Waals surface area (Å²) in [4.78, 5) is 24.0. The Morgan fingerprint density at radius 3 is 2.65 bits per heavy atom. The van der Waals surface area contributed by atoms with Crippen LogP contribution in [-0.4, -0.2) is 18.4 Å². The zero-order valence-corrected chi connectivity index (χ0v) is 12.3. The predicted octanol–water partition coefficient (Wildman–Crippen LogP) is 3.92. The van der Waals surface area contributed by atoms with Crippen LogP contribution in [0.4, 0.5) is 4.39 Å². The summed E-state index contributed by atoms with van der Waals surface area (Å²) in [6.07, 6.45) is 0. The number of benzene rings is 2. The number of halogens is 1. The molecule has 4 nitrogen and oxygen atoms in total. The number of ketones is 1. The molecule has 1 aromatic heterocycles. The van der Waals surface area contributed by atoms with Crippen LogP contribution < -0.4 is 0 Å². The van der Waals surface area contributed by atoms with Gasteiger partial charge in [-0.05, 0) is 25.1 Å². The molecule has 0 saturated heterocycles. The molecular formula is C18H13FO4. The lowest BCUT2D eigenvalue weighted by Gasteiger charge is -2.03. The van der Waals surface area contributed by atoms with Crippen LogP contribution in [0.25, 0.3) is 11.0 Å². The first kappa shape index (κ1) is 15.0. The van der Waals surface area contributed by atoms with Crippen LogP contribution in [0.5, 0.6) is 0 Å². The maximum absolute atomic E-state index is 13.1. The number of hydrogen-bond donors (Lipinski definition) is 0. The molecule has 23 heavy (non-hydrogen) atoms. The largest absolute Gasteiger partial charge is 0.451 e. The third-order valence-corrected chi connectivity index (χ3v) is 3.51. The van der Waals surface area contributed by atoms with Gasteiger partial charge < -0.3 is 9.15 Å². The van der Waals surface area contributed by atoms with Gasteiger partial charge in [0.2, 0.25) is 5.76 Å². The molecule has 5 heteroatoms. The molecule has 0 radical (unpaired) electrons. The molecule has 1 heterocycles. The molecule has 3 aromatic rings. The zero-order valence-electron chi connectivity index (χ0n) is 12.3. The Morgan fingerprint density at radius 1 is 1.13 bits per heavy atom. The zero-order chi connectivity index (χ0) is 16.4. The Morgan fingerprint density at radius 2 is 1.91 bits per heavy atom. The van der Waals surface area contributed by atoms with E-state index in [0.29, 0.717) is 11.1 Å². The van der Waals surface area contributed by atoms with Crippen LogP contribution in [-0.2, 0) is 4.74 Å². The maximum atomic E-state index is 13.1. The van der Waals surface area contributed by atoms with Crippen LogP contribution in [0, 0.1) is 12.7 Å². The number of esters is 1. The Balaban J connectivity index is 1.74. The molecular weight excluding hydrogens is 299 g/mol. The molecule has 0 saturated carbocycles. The van der Waals surface area contributed by atoms with Crippen molar-refractivity contribution in [3.05, 3.63) is 71.2 Å². The van der Waals surface area contributed by atoms with Crippen molar-refractivity contribution in [2.45, 2.75) is 6.92 Å². The standard InChI is InChI=1S/C18H13FO4/c1-11-14-7-2-3-8-16(14)23-17(11)18(21)22-10-15(20)12-5-4-6-13(19)9-12/h2-9H,10H2,1H3. The Hall–Kier alpha value is -2.95. The lowest BCUT2D eigenvalue weighted by atomic mass is 10.1. The molecule has 0 bridgehead atoms. The fourth-order valence-electron chi connectivity index (χ4n) is 2.31. The van der Waals surface area contributed by atoms with Crippen LogP contribution in [0.2, 0.25) is 0 Å². The van der Waals surface area contributed by atoms with Gasteiger partial charge in [0, 0.05) is 16.5 Å². The molecule has 0 spiro atoms. The lowest BCUT2D eigenvalue weighted by molar-refractivity contribution is 0.0445. The van der Waals surface area contributed by atoms with E-state index >= 15 is 0 Å². The normalized spacial score (nSPS) is 10.7. The summed E-state index contributed by atoms with van der Waals surface area (Å²) in [5, 5.41) is 0.816. The first-order valence-electron chi connectivity index (χ1n) is 7.00. The van der Waals surface area contributed by atoms with Gasteiger partial charge >= 0.3 is 5.97 Å². The van der Waals surface area contributed by atoms with E-state index in [0.717, 1.165) is 11.5 Å². The number of rotatable bonds is 4. The average Bonchev–Trinajstić information content (AvgIpc) is 2.90. The third kappa shape index (κ3) is 2.99. The summed E-state index contributed by atoms with van der Waals surface area (Å²) in [5.74, 6) is -1.65. The second kappa shape index (κ2) is 6.04. The Kier molecular flexibility index (Phi) is 3.93. The van der Waals surface area contributed by atoms with Crippen LogP contribution in [0.3, 0.4) is 0 Å². The first-order valence-corrected chi connectivity index (χ1v) is 7.00. The quantitative estimate of drug-likeness (QED) is 0.541. The lowest BCUT2D eigenvalue weighted by Crippen LogP contribution is -2.14. The van der Waals surface area contributed by atoms with E-state index in [1.807, 2.05) is 12.1 Å². The van der Waals surface area contributed by atoms with Crippen molar-refractivity contribution in [1.82, 2.24) is 0 Å². The van der Waals surface area contributed by atoms with Gasteiger partial charge in [-0.3, -0.25) is 4.79 Å². The first-order chi connectivity index (χ1) is 11.1. The van der Waals surface area contributed by atoms with Gasteiger partial charge in [0.05, 0.1) is 0 Å². The summed E-state index contributed by atoms with van der Waals surface area (Å²) < 4.78 is 23.5. The minimum Gasteiger partial charge on any atom is -0.451 e. The van der Waals surface area contributed by atoms with E-state index in [-0.39, 0.29) is 11.3 Å². The van der Waals surface area contributed by atoms with Crippen LogP contribution >= 0.6 is 0 Å². The summed E-state index contributed by atoms with van der Waals surface area (Å²) in [6, 6.07) is 12.4. The minimum atomic E-state index is -0.719. The molecule has 2 aromatic carbocycles. The third-order valence-electron chi connectivity index (χ3n) is 3.51. The Labute approximate surface area is 131 Å². The monoisotopic (exact) mass is 312 g/mol. The van der Waals surface area contributed by atoms with Crippen LogP contribution in [0.15, 0.2) is 52.9 Å². The van der Waals surface area contributed by atoms with Gasteiger partial charge in [0.15, 0.2) is 12.4 Å². The number of carbonyl (C=O) groups excluding carboxylic acids is 2. The van der Waals surface area contributed by atoms with Crippen molar-refractivity contribution in [2.75, 3.05) is 6.61 Å². The number of ether oxygens (including phenoxy) is 1. The summed E-state index contributed by atoms with van der Waals surface area (Å²) in [7, 11) is 0. The molecule has 0 fully saturated rings. The number of Topliss-reactive ketones (excluding diaryl/α,β-unsaturated/α-hetero) is 1. The van der Waals surface area contributed by atoms with E-state index in [2.05, 4.69) is 0 Å². The molecule has 0 N–H and O–H groups in total. The number of hydrogen-bond acceptors (Lipinski definition) is 4. The minimum absolute atomic E-state index is 0.0678. The molecule has 0 unspecified atom stereocenters. The number of aryl methyl sites for hydroxylation is 1. The summed E-state index contributed by atoms with van der Waals surface area (Å²) in [5.41, 5.74) is 1.39. The molecule has 0 aliphatic carbocycles. The van der Waals surface area contributed by atoms with Crippen molar-refractivity contribution in [3.8, 4) is 0 Å². The van der Waals surface area contributed by atoms with Crippen molar-refractivity contribution < 1.29 is 23.1 Å². The van der Waals surface area contributed by atoms with E-state index in [9.17, 15) is 14.0 Å². The molecule has 0 atom stereocenters. The van der Waals surface area contributed by atoms with Gasteiger partial charge in [-0.1, -0.05) is 30.3 Å². The Bertz CT molecular complexity index is 895. The van der Waals surface area contributed by atoms with Crippen LogP contribution in [0.1, 0.15) is 26.5 Å². The highest BCUT2D eigenvalue weighted by atomic mass is 19.1. The van der Waals surface area contributed by atoms with Gasteiger partial charge in [0.25, 0.3) is 0 Å². The average molecular weight is 312 g/mol. The van der Waals surface area contributed by atoms with Gasteiger partial charge in [-0.15, -0.1) is 0 Å². The number of furan rings is 1. The van der Waals surface area contributed by atoms with E-state index in [4.69, 9.17) is 9.15 Å². The van der Waals surface area contributed by atoms with Crippen molar-refractivity contribution >= 4 is 22.7 Å². The van der Waals surface area contributed by atoms with E-state index < -0.39 is 24.2 Å². The molecule has 116 valence electrons. The second-order valence-electron chi connectivity index (χ2n) is 5.06. The van der Waals surface area contributed by atoms with Crippen molar-refractivity contribution in [3.63, 3.8) is 0 Å². The molecule has 0 aliphatic heterocycles. The highest BCUT2D eigenvalue weighted by Crippen LogP contribution is 2.25. The number of para-hydroxylation sites is 1. The topological polar surface area (TPSA) is 56.5 Å². The fraction of sp³-hybridized carbons (Fsp3) is 0.111. The van der Waals surface area contributed by atoms with Gasteiger partial charge in [-0.2, -0.15) is 0 Å². The summed E-state index contributed by atoms with van der Waals surface area (Å²) >= 11 is 0. The molecule has 0 amide bonds. The van der Waals surface area contributed by atoms with Crippen molar-refractivity contribution in [2.24, 2.45) is 0 Å². The van der Waals surface area contributed by atoms with Crippen molar-refractivity contribution in [1.29, 1.82) is 0 Å². The maximum Gasteiger partial charge on any atom is 0.375 e. The van der Waals surface area contributed by atoms with Gasteiger partial charge in [0.1, 0.15) is 11.4 Å². The van der Waals surface area contributed by atoms with E-state index in [1.165, 1.54) is 18.2 Å². The fourth-order valence-corrected chi connectivity index (χ4v) is 2.31. The number of carbonyl (C=O) groups is 2. The molecule has 0 aliphatic rings. The predicted molar refractivity (Wildman–Crippen MR) is 82.0 cm³/mol.